The minimum Gasteiger partial charge on any atom is -0.467 e. The molecule has 0 aliphatic heterocycles. The first-order valence-electron chi connectivity index (χ1n) is 8.34. The van der Waals surface area contributed by atoms with Gasteiger partial charge in [-0.2, -0.15) is 5.10 Å². The lowest BCUT2D eigenvalue weighted by atomic mass is 10.1. The summed E-state index contributed by atoms with van der Waals surface area (Å²) >= 11 is 0. The van der Waals surface area contributed by atoms with E-state index < -0.39 is 33.0 Å². The molecule has 0 unspecified atom stereocenters. The molecule has 0 saturated heterocycles. The number of nitro benzene ring substituents is 2. The molecule has 0 atom stereocenters. The van der Waals surface area contributed by atoms with E-state index in [2.05, 4.69) is 15.7 Å². The van der Waals surface area contributed by atoms with E-state index >= 15 is 0 Å². The number of non-ortho nitro benzene ring substituents is 2. The first kappa shape index (κ1) is 20.2. The van der Waals surface area contributed by atoms with Crippen LogP contribution in [0.4, 0.5) is 17.1 Å². The average Bonchev–Trinajstić information content (AvgIpc) is 3.35. The van der Waals surface area contributed by atoms with Crippen molar-refractivity contribution in [1.29, 1.82) is 0 Å². The maximum Gasteiger partial charge on any atom is 0.277 e. The van der Waals surface area contributed by atoms with Gasteiger partial charge in [0, 0.05) is 25.4 Å². The van der Waals surface area contributed by atoms with Crippen LogP contribution in [0.3, 0.4) is 0 Å². The smallest absolute Gasteiger partial charge is 0.277 e. The number of benzene rings is 1. The number of nitro groups is 2. The average molecular weight is 414 g/mol. The number of rotatable bonds is 7. The van der Waals surface area contributed by atoms with Crippen molar-refractivity contribution in [3.63, 3.8) is 0 Å². The maximum atomic E-state index is 12.6. The summed E-state index contributed by atoms with van der Waals surface area (Å²) in [6.07, 6.45) is 2.80. The fraction of sp³-hybridized carbons (Fsp3) is 0.118. The van der Waals surface area contributed by atoms with Crippen molar-refractivity contribution in [3.05, 3.63) is 80.0 Å². The Morgan fingerprint density at radius 3 is 2.37 bits per heavy atom. The second-order valence-corrected chi connectivity index (χ2v) is 6.03. The molecule has 13 heteroatoms. The predicted octanol–water partition coefficient (Wildman–Crippen LogP) is 2.01. The number of carbonyl (C=O) groups is 2. The summed E-state index contributed by atoms with van der Waals surface area (Å²) < 4.78 is 6.40. The molecule has 13 nitrogen and oxygen atoms in total. The third-order valence-corrected chi connectivity index (χ3v) is 3.88. The van der Waals surface area contributed by atoms with Gasteiger partial charge in [-0.3, -0.25) is 34.5 Å². The van der Waals surface area contributed by atoms with Gasteiger partial charge in [0.2, 0.25) is 0 Å². The van der Waals surface area contributed by atoms with Crippen LogP contribution in [-0.4, -0.2) is 31.4 Å². The zero-order valence-electron chi connectivity index (χ0n) is 15.4. The highest BCUT2D eigenvalue weighted by atomic mass is 16.6. The van der Waals surface area contributed by atoms with Crippen LogP contribution in [0.15, 0.2) is 47.2 Å². The summed E-state index contributed by atoms with van der Waals surface area (Å²) in [6.45, 7) is 0.0901. The van der Waals surface area contributed by atoms with Crippen LogP contribution in [0.25, 0.3) is 0 Å². The van der Waals surface area contributed by atoms with E-state index in [0.29, 0.717) is 5.76 Å². The van der Waals surface area contributed by atoms with Gasteiger partial charge in [-0.25, -0.2) is 0 Å². The number of aryl methyl sites for hydroxylation is 1. The van der Waals surface area contributed by atoms with Crippen molar-refractivity contribution >= 4 is 28.9 Å². The number of hydrogen-bond donors (Lipinski definition) is 2. The Balaban J connectivity index is 1.83. The van der Waals surface area contributed by atoms with Crippen LogP contribution in [0.5, 0.6) is 0 Å². The first-order valence-corrected chi connectivity index (χ1v) is 8.34. The lowest BCUT2D eigenvalue weighted by Gasteiger charge is -2.06. The second kappa shape index (κ2) is 8.22. The maximum absolute atomic E-state index is 12.6. The third-order valence-electron chi connectivity index (χ3n) is 3.88. The van der Waals surface area contributed by atoms with Gasteiger partial charge in [-0.15, -0.1) is 0 Å². The van der Waals surface area contributed by atoms with E-state index in [1.54, 1.807) is 12.1 Å². The zero-order valence-corrected chi connectivity index (χ0v) is 15.4. The van der Waals surface area contributed by atoms with Crippen LogP contribution in [-0.2, 0) is 13.6 Å². The van der Waals surface area contributed by atoms with Crippen molar-refractivity contribution in [2.45, 2.75) is 6.54 Å². The summed E-state index contributed by atoms with van der Waals surface area (Å²) in [4.78, 5) is 45.3. The van der Waals surface area contributed by atoms with Gasteiger partial charge in [0.25, 0.3) is 23.2 Å². The molecule has 2 amide bonds. The molecule has 2 aromatic heterocycles. The summed E-state index contributed by atoms with van der Waals surface area (Å²) in [6, 6.07) is 5.86. The molecule has 3 aromatic rings. The first-order chi connectivity index (χ1) is 14.2. The Kier molecular flexibility index (Phi) is 5.53. The van der Waals surface area contributed by atoms with Crippen molar-refractivity contribution in [2.24, 2.45) is 7.05 Å². The molecule has 0 aliphatic carbocycles. The number of nitrogens with zero attached hydrogens (tertiary/aromatic N) is 4. The van der Waals surface area contributed by atoms with Gasteiger partial charge in [-0.05, 0) is 12.1 Å². The molecule has 0 spiro atoms. The van der Waals surface area contributed by atoms with Gasteiger partial charge in [-0.1, -0.05) is 0 Å². The molecule has 2 heterocycles. The summed E-state index contributed by atoms with van der Waals surface area (Å²) in [7, 11) is 1.52. The Labute approximate surface area is 167 Å². The second-order valence-electron chi connectivity index (χ2n) is 6.03. The minimum absolute atomic E-state index is 0.0219. The molecular formula is C17H14N6O7. The molecule has 0 saturated carbocycles. The number of hydrogen-bond acceptors (Lipinski definition) is 8. The molecular weight excluding hydrogens is 400 g/mol. The van der Waals surface area contributed by atoms with Crippen LogP contribution in [0.1, 0.15) is 26.6 Å². The molecule has 3 rings (SSSR count). The fourth-order valence-corrected chi connectivity index (χ4v) is 2.54. The van der Waals surface area contributed by atoms with E-state index in [-0.39, 0.29) is 23.5 Å². The Hall–Kier alpha value is -4.55. The molecule has 0 bridgehead atoms. The number of furan rings is 1. The molecule has 154 valence electrons. The van der Waals surface area contributed by atoms with E-state index in [4.69, 9.17) is 4.42 Å². The van der Waals surface area contributed by atoms with Gasteiger partial charge in [0.1, 0.15) is 5.76 Å². The minimum atomic E-state index is -0.880. The van der Waals surface area contributed by atoms with Crippen molar-refractivity contribution < 1.29 is 23.9 Å². The lowest BCUT2D eigenvalue weighted by Crippen LogP contribution is -2.25. The van der Waals surface area contributed by atoms with Crippen molar-refractivity contribution in [3.8, 4) is 0 Å². The number of anilines is 1. The van der Waals surface area contributed by atoms with Crippen LogP contribution in [0, 0.1) is 20.2 Å². The Bertz CT molecular complexity index is 1100. The largest absolute Gasteiger partial charge is 0.467 e. The highest BCUT2D eigenvalue weighted by Crippen LogP contribution is 2.24. The van der Waals surface area contributed by atoms with Crippen molar-refractivity contribution in [2.75, 3.05) is 5.32 Å². The Morgan fingerprint density at radius 2 is 1.80 bits per heavy atom. The number of carbonyl (C=O) groups excluding carboxylic acids is 2. The topological polar surface area (TPSA) is 175 Å². The van der Waals surface area contributed by atoms with E-state index in [9.17, 15) is 29.8 Å². The predicted molar refractivity (Wildman–Crippen MR) is 101 cm³/mol. The van der Waals surface area contributed by atoms with Crippen molar-refractivity contribution in [1.82, 2.24) is 15.1 Å². The zero-order chi connectivity index (χ0) is 21.8. The monoisotopic (exact) mass is 414 g/mol. The molecule has 1 aromatic carbocycles. The molecule has 2 N–H and O–H groups in total. The summed E-state index contributed by atoms with van der Waals surface area (Å²) in [5, 5.41) is 31.0. The van der Waals surface area contributed by atoms with E-state index in [1.165, 1.54) is 24.2 Å². The molecule has 0 aliphatic rings. The SMILES string of the molecule is Cn1cc(NC(=O)c2cc([N+](=O)[O-])cc([N+](=O)[O-])c2)c(C(=O)NCc2ccco2)n1. The highest BCUT2D eigenvalue weighted by molar-refractivity contribution is 6.08. The van der Waals surface area contributed by atoms with E-state index in [0.717, 1.165) is 18.2 Å². The third kappa shape index (κ3) is 4.46. The van der Waals surface area contributed by atoms with Gasteiger partial charge < -0.3 is 15.1 Å². The molecule has 30 heavy (non-hydrogen) atoms. The van der Waals surface area contributed by atoms with Gasteiger partial charge >= 0.3 is 0 Å². The summed E-state index contributed by atoms with van der Waals surface area (Å²) in [5.41, 5.74) is -1.64. The van der Waals surface area contributed by atoms with Crippen LogP contribution in [0.2, 0.25) is 0 Å². The summed E-state index contributed by atoms with van der Waals surface area (Å²) in [5.74, 6) is -0.976. The quantitative estimate of drug-likeness (QED) is 0.436. The Morgan fingerprint density at radius 1 is 1.13 bits per heavy atom. The van der Waals surface area contributed by atoms with E-state index in [1.807, 2.05) is 0 Å². The number of nitrogens with one attached hydrogen (secondary N) is 2. The van der Waals surface area contributed by atoms with Crippen LogP contribution >= 0.6 is 0 Å². The van der Waals surface area contributed by atoms with Gasteiger partial charge in [0.15, 0.2) is 5.69 Å². The molecule has 0 fully saturated rings. The number of aromatic nitrogens is 2. The highest BCUT2D eigenvalue weighted by Gasteiger charge is 2.23. The number of amides is 2. The van der Waals surface area contributed by atoms with Gasteiger partial charge in [0.05, 0.1) is 40.0 Å². The lowest BCUT2D eigenvalue weighted by molar-refractivity contribution is -0.394. The fourth-order valence-electron chi connectivity index (χ4n) is 2.54. The normalized spacial score (nSPS) is 10.4. The van der Waals surface area contributed by atoms with Crippen LogP contribution < -0.4 is 10.6 Å². The molecule has 0 radical (unpaired) electrons. The standard InChI is InChI=1S/C17H14N6O7/c1-21-9-14(15(20-21)17(25)18-8-13-3-2-4-30-13)19-16(24)10-5-11(22(26)27)7-12(6-10)23(28)29/h2-7,9H,8H2,1H3,(H,18,25)(H,19,24).